The van der Waals surface area contributed by atoms with Crippen LogP contribution in [0.4, 0.5) is 0 Å². The number of carbonyl (C=O) groups excluding carboxylic acids is 1. The first-order valence-corrected chi connectivity index (χ1v) is 7.66. The quantitative estimate of drug-likeness (QED) is 0.926. The lowest BCUT2D eigenvalue weighted by Crippen LogP contribution is -2.39. The first-order chi connectivity index (χ1) is 9.02. The minimum atomic E-state index is 0.0931. The van der Waals surface area contributed by atoms with Crippen molar-refractivity contribution in [2.75, 3.05) is 13.7 Å². The summed E-state index contributed by atoms with van der Waals surface area (Å²) in [5.74, 6) is 0.516. The molecule has 1 fully saturated rings. The molecule has 0 saturated heterocycles. The van der Waals surface area contributed by atoms with Crippen LogP contribution in [0.1, 0.15) is 46.1 Å². The molecule has 2 rings (SSSR count). The van der Waals surface area contributed by atoms with Gasteiger partial charge in [-0.1, -0.05) is 0 Å². The number of aliphatic hydroxyl groups excluding tert-OH is 1. The van der Waals surface area contributed by atoms with Gasteiger partial charge in [-0.05, 0) is 45.4 Å². The zero-order valence-corrected chi connectivity index (χ0v) is 12.7. The molecule has 1 aromatic rings. The molecule has 1 aliphatic rings. The van der Waals surface area contributed by atoms with Crippen LogP contribution < -0.4 is 0 Å². The highest BCUT2D eigenvalue weighted by molar-refractivity contribution is 7.13. The number of aromatic nitrogens is 1. The summed E-state index contributed by atoms with van der Waals surface area (Å²) in [7, 11) is 1.89. The van der Waals surface area contributed by atoms with Crippen LogP contribution in [0.2, 0.25) is 0 Å². The molecular weight excluding hydrogens is 260 g/mol. The number of aliphatic hydroxyl groups is 1. The van der Waals surface area contributed by atoms with E-state index in [1.165, 1.54) is 11.3 Å². The molecule has 0 aromatic carbocycles. The van der Waals surface area contributed by atoms with Crippen molar-refractivity contribution < 1.29 is 9.90 Å². The van der Waals surface area contributed by atoms with Crippen LogP contribution in [-0.4, -0.2) is 40.6 Å². The fourth-order valence-corrected chi connectivity index (χ4v) is 3.67. The number of rotatable bonds is 3. The van der Waals surface area contributed by atoms with E-state index < -0.39 is 0 Å². The van der Waals surface area contributed by atoms with Crippen LogP contribution >= 0.6 is 11.3 Å². The lowest BCUT2D eigenvalue weighted by Gasteiger charge is -2.34. The summed E-state index contributed by atoms with van der Waals surface area (Å²) in [4.78, 5) is 19.4. The first-order valence-electron chi connectivity index (χ1n) is 6.85. The van der Waals surface area contributed by atoms with E-state index in [1.807, 2.05) is 25.8 Å². The summed E-state index contributed by atoms with van der Waals surface area (Å²) in [5.41, 5.74) is 0.836. The Hall–Kier alpha value is -0.940. The van der Waals surface area contributed by atoms with Gasteiger partial charge in [0.15, 0.2) is 0 Å². The van der Waals surface area contributed by atoms with Gasteiger partial charge in [0.2, 0.25) is 0 Å². The molecule has 4 nitrogen and oxygen atoms in total. The normalized spacial score (nSPS) is 23.4. The highest BCUT2D eigenvalue weighted by Crippen LogP contribution is 2.28. The summed E-state index contributed by atoms with van der Waals surface area (Å²) in [6.45, 7) is 4.10. The van der Waals surface area contributed by atoms with E-state index in [2.05, 4.69) is 4.98 Å². The van der Waals surface area contributed by atoms with Crippen molar-refractivity contribution >= 4 is 17.2 Å². The molecule has 0 spiro atoms. The van der Waals surface area contributed by atoms with E-state index in [0.717, 1.165) is 41.3 Å². The van der Waals surface area contributed by atoms with Crippen molar-refractivity contribution in [3.63, 3.8) is 0 Å². The summed E-state index contributed by atoms with van der Waals surface area (Å²) < 4.78 is 0. The summed E-state index contributed by atoms with van der Waals surface area (Å²) in [6, 6.07) is 0.303. The SMILES string of the molecule is Cc1nc(C)c(C(=O)N(C)C2CCC(CO)CC2)s1. The third kappa shape index (κ3) is 3.15. The summed E-state index contributed by atoms with van der Waals surface area (Å²) in [5, 5.41) is 10.1. The molecule has 1 saturated carbocycles. The number of amides is 1. The van der Waals surface area contributed by atoms with Crippen molar-refractivity contribution in [1.82, 2.24) is 9.88 Å². The van der Waals surface area contributed by atoms with Crippen LogP contribution in [0, 0.1) is 19.8 Å². The van der Waals surface area contributed by atoms with Crippen molar-refractivity contribution in [1.29, 1.82) is 0 Å². The van der Waals surface area contributed by atoms with E-state index >= 15 is 0 Å². The highest BCUT2D eigenvalue weighted by atomic mass is 32.1. The predicted octanol–water partition coefficient (Wildman–Crippen LogP) is 2.38. The second-order valence-corrected chi connectivity index (χ2v) is 6.62. The van der Waals surface area contributed by atoms with Crippen LogP contribution in [0.15, 0.2) is 0 Å². The van der Waals surface area contributed by atoms with Gasteiger partial charge < -0.3 is 10.0 Å². The van der Waals surface area contributed by atoms with Crippen molar-refractivity contribution in [3.8, 4) is 0 Å². The average Bonchev–Trinajstić information content (AvgIpc) is 2.76. The molecule has 0 unspecified atom stereocenters. The maximum Gasteiger partial charge on any atom is 0.265 e. The van der Waals surface area contributed by atoms with Crippen molar-refractivity contribution in [3.05, 3.63) is 15.6 Å². The second-order valence-electron chi connectivity index (χ2n) is 5.42. The van der Waals surface area contributed by atoms with Gasteiger partial charge in [0.25, 0.3) is 5.91 Å². The number of aryl methyl sites for hydroxylation is 2. The molecule has 1 heterocycles. The van der Waals surface area contributed by atoms with Gasteiger partial charge in [0, 0.05) is 19.7 Å². The lowest BCUT2D eigenvalue weighted by atomic mass is 9.86. The summed E-state index contributed by atoms with van der Waals surface area (Å²) >= 11 is 1.48. The Labute approximate surface area is 118 Å². The molecular formula is C14H22N2O2S. The standard InChI is InChI=1S/C14H22N2O2S/c1-9-13(19-10(2)15-9)14(18)16(3)12-6-4-11(8-17)5-7-12/h11-12,17H,4-8H2,1-3H3. The fraction of sp³-hybridized carbons (Fsp3) is 0.714. The van der Waals surface area contributed by atoms with Gasteiger partial charge >= 0.3 is 0 Å². The molecule has 19 heavy (non-hydrogen) atoms. The zero-order valence-electron chi connectivity index (χ0n) is 11.8. The monoisotopic (exact) mass is 282 g/mol. The van der Waals surface area contributed by atoms with E-state index in [4.69, 9.17) is 5.11 Å². The van der Waals surface area contributed by atoms with E-state index in [9.17, 15) is 4.79 Å². The largest absolute Gasteiger partial charge is 0.396 e. The molecule has 0 aliphatic heterocycles. The van der Waals surface area contributed by atoms with Gasteiger partial charge in [-0.2, -0.15) is 0 Å². The molecule has 0 atom stereocenters. The van der Waals surface area contributed by atoms with Crippen LogP contribution in [0.25, 0.3) is 0 Å². The molecule has 106 valence electrons. The molecule has 5 heteroatoms. The number of carbonyl (C=O) groups is 1. The molecule has 1 amide bonds. The van der Waals surface area contributed by atoms with Gasteiger partial charge in [0.1, 0.15) is 4.88 Å². The lowest BCUT2D eigenvalue weighted by molar-refractivity contribution is 0.0656. The Bertz CT molecular complexity index is 450. The zero-order chi connectivity index (χ0) is 14.0. The van der Waals surface area contributed by atoms with Crippen molar-refractivity contribution in [2.24, 2.45) is 5.92 Å². The van der Waals surface area contributed by atoms with Crippen LogP contribution in [0.3, 0.4) is 0 Å². The molecule has 0 radical (unpaired) electrons. The van der Waals surface area contributed by atoms with Gasteiger partial charge in [-0.15, -0.1) is 11.3 Å². The molecule has 1 aromatic heterocycles. The van der Waals surface area contributed by atoms with E-state index in [0.29, 0.717) is 12.0 Å². The Morgan fingerprint density at radius 3 is 2.47 bits per heavy atom. The minimum absolute atomic E-state index is 0.0931. The van der Waals surface area contributed by atoms with Crippen LogP contribution in [-0.2, 0) is 0 Å². The van der Waals surface area contributed by atoms with Gasteiger partial charge in [-0.3, -0.25) is 4.79 Å². The van der Waals surface area contributed by atoms with Crippen molar-refractivity contribution in [2.45, 2.75) is 45.6 Å². The number of thiazole rings is 1. The first kappa shape index (κ1) is 14.5. The third-order valence-corrected chi connectivity index (χ3v) is 5.10. The highest BCUT2D eigenvalue weighted by Gasteiger charge is 2.28. The Balaban J connectivity index is 2.02. The van der Waals surface area contributed by atoms with Gasteiger partial charge in [-0.25, -0.2) is 4.98 Å². The second kappa shape index (κ2) is 6.01. The maximum absolute atomic E-state index is 12.5. The molecule has 0 bridgehead atoms. The molecule has 1 N–H and O–H groups in total. The molecule has 1 aliphatic carbocycles. The third-order valence-electron chi connectivity index (χ3n) is 4.04. The van der Waals surface area contributed by atoms with E-state index in [1.54, 1.807) is 0 Å². The topological polar surface area (TPSA) is 53.4 Å². The van der Waals surface area contributed by atoms with E-state index in [-0.39, 0.29) is 12.5 Å². The smallest absolute Gasteiger partial charge is 0.265 e. The number of nitrogens with zero attached hydrogens (tertiary/aromatic N) is 2. The predicted molar refractivity (Wildman–Crippen MR) is 76.5 cm³/mol. The average molecular weight is 282 g/mol. The number of hydrogen-bond donors (Lipinski definition) is 1. The van der Waals surface area contributed by atoms with Gasteiger partial charge in [0.05, 0.1) is 10.7 Å². The fourth-order valence-electron chi connectivity index (χ4n) is 2.77. The Kier molecular flexibility index (Phi) is 4.58. The Morgan fingerprint density at radius 1 is 1.37 bits per heavy atom. The minimum Gasteiger partial charge on any atom is -0.396 e. The number of hydrogen-bond acceptors (Lipinski definition) is 4. The summed E-state index contributed by atoms with van der Waals surface area (Å²) in [6.07, 6.45) is 4.01. The van der Waals surface area contributed by atoms with Crippen LogP contribution in [0.5, 0.6) is 0 Å². The maximum atomic E-state index is 12.5. The Morgan fingerprint density at radius 2 is 2.00 bits per heavy atom.